The van der Waals surface area contributed by atoms with Crippen molar-refractivity contribution in [3.8, 4) is 0 Å². The van der Waals surface area contributed by atoms with E-state index in [-0.39, 0.29) is 11.8 Å². The second kappa shape index (κ2) is 17.5. The van der Waals surface area contributed by atoms with Gasteiger partial charge in [-0.3, -0.25) is 0 Å². The normalized spacial score (nSPS) is 13.3. The van der Waals surface area contributed by atoms with Crippen molar-refractivity contribution in [2.75, 3.05) is 0 Å². The molecule has 3 aromatic rings. The number of rotatable bonds is 14. The van der Waals surface area contributed by atoms with Crippen LogP contribution >= 0.6 is 0 Å². The Morgan fingerprint density at radius 3 is 1.29 bits per heavy atom. The number of para-hydroxylation sites is 1. The first-order chi connectivity index (χ1) is 24.2. The lowest BCUT2D eigenvalue weighted by Crippen LogP contribution is -2.24. The molecule has 0 saturated carbocycles. The average Bonchev–Trinajstić information content (AvgIpc) is 3.06. The maximum atomic E-state index is 5.25. The van der Waals surface area contributed by atoms with Gasteiger partial charge in [0.1, 0.15) is 0 Å². The Kier molecular flexibility index (Phi) is 14.4. The Morgan fingerprint density at radius 1 is 0.481 bits per heavy atom. The molecule has 0 aliphatic rings. The molecule has 1 unspecified atom stereocenters. The summed E-state index contributed by atoms with van der Waals surface area (Å²) in [5.41, 5.74) is 12.3. The van der Waals surface area contributed by atoms with Crippen LogP contribution in [0.4, 0.5) is 11.4 Å². The van der Waals surface area contributed by atoms with Gasteiger partial charge < -0.3 is 0 Å². The summed E-state index contributed by atoms with van der Waals surface area (Å²) >= 11 is 0. The zero-order valence-corrected chi connectivity index (χ0v) is 36.1. The van der Waals surface area contributed by atoms with E-state index in [4.69, 9.17) is 20.0 Å². The Bertz CT molecular complexity index is 1770. The second-order valence-corrected chi connectivity index (χ2v) is 17.7. The lowest BCUT2D eigenvalue weighted by Gasteiger charge is -2.33. The number of nitrogens with zero attached hydrogens (tertiary/aromatic N) is 4. The molecule has 3 rings (SSSR count). The zero-order chi connectivity index (χ0) is 39.3. The van der Waals surface area contributed by atoms with E-state index in [0.29, 0.717) is 29.6 Å². The Labute approximate surface area is 318 Å². The summed E-state index contributed by atoms with van der Waals surface area (Å²) < 4.78 is 0. The van der Waals surface area contributed by atoms with Gasteiger partial charge in [0.2, 0.25) is 0 Å². The van der Waals surface area contributed by atoms with Gasteiger partial charge in [-0.25, -0.2) is 9.98 Å². The van der Waals surface area contributed by atoms with Crippen LogP contribution < -0.4 is 0 Å². The Morgan fingerprint density at radius 2 is 0.885 bits per heavy atom. The zero-order valence-electron chi connectivity index (χ0n) is 36.1. The molecule has 4 nitrogen and oxygen atoms in total. The topological polar surface area (TPSA) is 49.4 Å². The van der Waals surface area contributed by atoms with Crippen molar-refractivity contribution in [2.45, 2.75) is 184 Å². The van der Waals surface area contributed by atoms with Crippen molar-refractivity contribution < 1.29 is 0 Å². The van der Waals surface area contributed by atoms with E-state index in [0.717, 1.165) is 17.8 Å². The fraction of sp³-hybridized carbons (Fsp3) is 0.583. The summed E-state index contributed by atoms with van der Waals surface area (Å²) in [6, 6.07) is 22.2. The summed E-state index contributed by atoms with van der Waals surface area (Å²) in [4.78, 5) is 20.6. The van der Waals surface area contributed by atoms with Crippen LogP contribution in [-0.4, -0.2) is 12.0 Å². The Balaban J connectivity index is 2.41. The molecular weight excluding hydrogens is 633 g/mol. The fourth-order valence-corrected chi connectivity index (χ4v) is 7.57. The highest BCUT2D eigenvalue weighted by Crippen LogP contribution is 2.47. The molecular formula is C48H70N4. The molecule has 0 fully saturated rings. The minimum absolute atomic E-state index is 0.196. The molecule has 0 N–H and O–H groups in total. The highest BCUT2D eigenvalue weighted by atomic mass is 14.9. The van der Waals surface area contributed by atoms with E-state index >= 15 is 0 Å². The molecule has 1 atom stereocenters. The van der Waals surface area contributed by atoms with E-state index in [1.165, 1.54) is 50.1 Å². The molecule has 282 valence electrons. The molecule has 0 bridgehead atoms. The number of hydrogen-bond donors (Lipinski definition) is 0. The molecule has 0 aliphatic carbocycles. The van der Waals surface area contributed by atoms with Crippen LogP contribution in [-0.2, 0) is 11.1 Å². The lowest BCUT2D eigenvalue weighted by atomic mass is 9.74. The maximum Gasteiger partial charge on any atom is 0.0958 e. The lowest BCUT2D eigenvalue weighted by molar-refractivity contribution is 0.468. The van der Waals surface area contributed by atoms with Gasteiger partial charge in [-0.05, 0) is 119 Å². The standard InChI is InChI=1S/C48H70N4/c1-19-48(18,52-28-49-45-38(31(6)7)24-21-25-39(45)32(8)9)44-40(33(10)11)26-41(34(12)13)46(42(44)35(14)15)50-27-51-47(16,17)43-36(29(2)3)22-20-23-37(43)30(4)5/h20-26,29-35H,19H2,1-18H3. The molecule has 0 aliphatic heterocycles. The van der Waals surface area contributed by atoms with E-state index < -0.39 is 11.1 Å². The highest BCUT2D eigenvalue weighted by Gasteiger charge is 2.35. The van der Waals surface area contributed by atoms with E-state index in [1.54, 1.807) is 0 Å². The minimum Gasteiger partial charge on any atom is -0.214 e. The predicted octanol–water partition coefficient (Wildman–Crippen LogP) is 15.4. The van der Waals surface area contributed by atoms with E-state index in [9.17, 15) is 0 Å². The van der Waals surface area contributed by atoms with E-state index in [2.05, 4.69) is 179 Å². The van der Waals surface area contributed by atoms with Gasteiger partial charge in [-0.2, -0.15) is 9.98 Å². The number of aliphatic imine (C=N–C) groups is 4. The van der Waals surface area contributed by atoms with Gasteiger partial charge in [-0.15, -0.1) is 0 Å². The van der Waals surface area contributed by atoms with Crippen LogP contribution in [0.5, 0.6) is 0 Å². The van der Waals surface area contributed by atoms with Crippen LogP contribution in [0.3, 0.4) is 0 Å². The van der Waals surface area contributed by atoms with Gasteiger partial charge in [0.25, 0.3) is 0 Å². The first-order valence-electron chi connectivity index (χ1n) is 20.0. The van der Waals surface area contributed by atoms with Crippen LogP contribution in [0.1, 0.15) is 223 Å². The summed E-state index contributed by atoms with van der Waals surface area (Å²) in [6.45, 7) is 40.5. The Hall–Kier alpha value is -3.58. The third-order valence-corrected chi connectivity index (χ3v) is 10.7. The van der Waals surface area contributed by atoms with Crippen LogP contribution in [0.2, 0.25) is 0 Å². The summed E-state index contributed by atoms with van der Waals surface area (Å²) in [5.74, 6) is 2.24. The quantitative estimate of drug-likeness (QED) is 0.150. The van der Waals surface area contributed by atoms with Crippen molar-refractivity contribution in [1.29, 1.82) is 0 Å². The first-order valence-corrected chi connectivity index (χ1v) is 20.0. The van der Waals surface area contributed by atoms with Crippen LogP contribution in [0.15, 0.2) is 62.4 Å². The van der Waals surface area contributed by atoms with Crippen molar-refractivity contribution >= 4 is 23.4 Å². The summed E-state index contributed by atoms with van der Waals surface area (Å²) in [5, 5.41) is 0. The smallest absolute Gasteiger partial charge is 0.0958 e. The van der Waals surface area contributed by atoms with Crippen LogP contribution in [0, 0.1) is 0 Å². The van der Waals surface area contributed by atoms with Gasteiger partial charge in [0.05, 0.1) is 34.5 Å². The van der Waals surface area contributed by atoms with Gasteiger partial charge in [0.15, 0.2) is 0 Å². The maximum absolute atomic E-state index is 5.25. The van der Waals surface area contributed by atoms with Gasteiger partial charge in [-0.1, -0.05) is 146 Å². The van der Waals surface area contributed by atoms with Crippen molar-refractivity contribution in [3.05, 3.63) is 92.5 Å². The monoisotopic (exact) mass is 703 g/mol. The minimum atomic E-state index is -0.563. The molecule has 0 spiro atoms. The number of benzene rings is 3. The molecule has 0 aromatic heterocycles. The molecule has 0 heterocycles. The molecule has 0 saturated heterocycles. The largest absolute Gasteiger partial charge is 0.214 e. The summed E-state index contributed by atoms with van der Waals surface area (Å²) in [7, 11) is 0. The second-order valence-electron chi connectivity index (χ2n) is 17.7. The predicted molar refractivity (Wildman–Crippen MR) is 228 cm³/mol. The SMILES string of the molecule is CCC(C)(N=C=Nc1c(C(C)C)cccc1C(C)C)c1c(C(C)C)cc(C(C)C)c(N=C=NC(C)(C)c2c(C(C)C)cccc2C(C)C)c1C(C)C. The molecule has 4 heteroatoms. The summed E-state index contributed by atoms with van der Waals surface area (Å²) in [6.07, 6.45) is 0.799. The van der Waals surface area contributed by atoms with Crippen molar-refractivity contribution in [1.82, 2.24) is 0 Å². The number of hydrogen-bond acceptors (Lipinski definition) is 4. The molecule has 3 aromatic carbocycles. The van der Waals surface area contributed by atoms with E-state index in [1.807, 2.05) is 0 Å². The molecule has 0 amide bonds. The molecule has 52 heavy (non-hydrogen) atoms. The first kappa shape index (κ1) is 42.8. The van der Waals surface area contributed by atoms with Gasteiger partial charge >= 0.3 is 0 Å². The van der Waals surface area contributed by atoms with Gasteiger partial charge in [0, 0.05) is 0 Å². The van der Waals surface area contributed by atoms with Crippen molar-refractivity contribution in [3.63, 3.8) is 0 Å². The van der Waals surface area contributed by atoms with Crippen molar-refractivity contribution in [2.24, 2.45) is 20.0 Å². The molecule has 0 radical (unpaired) electrons. The third kappa shape index (κ3) is 9.31. The average molecular weight is 703 g/mol. The fourth-order valence-electron chi connectivity index (χ4n) is 7.57. The third-order valence-electron chi connectivity index (χ3n) is 10.7. The van der Waals surface area contributed by atoms with Crippen LogP contribution in [0.25, 0.3) is 0 Å². The highest BCUT2D eigenvalue weighted by molar-refractivity contribution is 5.69.